The third-order valence-corrected chi connectivity index (χ3v) is 7.85. The van der Waals surface area contributed by atoms with E-state index in [4.69, 9.17) is 0 Å². The highest BCUT2D eigenvalue weighted by Crippen LogP contribution is 2.45. The van der Waals surface area contributed by atoms with Crippen LogP contribution in [0.5, 0.6) is 0 Å². The lowest BCUT2D eigenvalue weighted by Gasteiger charge is -2.27. The number of nitrogens with zero attached hydrogens (tertiary/aromatic N) is 1. The highest BCUT2D eigenvalue weighted by molar-refractivity contribution is 7.18. The molecule has 2 unspecified atom stereocenters. The minimum absolute atomic E-state index is 0.143. The van der Waals surface area contributed by atoms with Gasteiger partial charge in [0.2, 0.25) is 5.91 Å². The van der Waals surface area contributed by atoms with Crippen LogP contribution in [-0.2, 0) is 22.4 Å². The Balaban J connectivity index is 1.66. The molecule has 27 heavy (non-hydrogen) atoms. The van der Waals surface area contributed by atoms with Crippen molar-refractivity contribution in [1.29, 1.82) is 0 Å². The number of fused-ring (bicyclic) bond motifs is 1. The smallest absolute Gasteiger partial charge is 0.307 e. The van der Waals surface area contributed by atoms with Crippen LogP contribution in [0, 0.1) is 18.8 Å². The number of amides is 1. The third kappa shape index (κ3) is 3.67. The van der Waals surface area contributed by atoms with Crippen LogP contribution in [0.25, 0.3) is 10.6 Å². The lowest BCUT2D eigenvalue weighted by Crippen LogP contribution is -2.35. The molecule has 1 amide bonds. The van der Waals surface area contributed by atoms with Crippen molar-refractivity contribution in [1.82, 2.24) is 4.98 Å². The Labute approximate surface area is 166 Å². The van der Waals surface area contributed by atoms with Crippen LogP contribution in [0.3, 0.4) is 0 Å². The number of hydrogen-bond acceptors (Lipinski definition) is 5. The average molecular weight is 405 g/mol. The van der Waals surface area contributed by atoms with Gasteiger partial charge in [0.15, 0.2) is 0 Å². The standard InChI is InChI=1S/C20H24N2O3S2/c1-11-10-26-18(21-11)16-14-8-4-5-9-15(14)27-19(16)22-17(23)12-6-2-3-7-13(12)20(24)25/h10,12-13H,2-9H2,1H3,(H,22,23)(H,24,25). The highest BCUT2D eigenvalue weighted by atomic mass is 32.1. The highest BCUT2D eigenvalue weighted by Gasteiger charge is 2.36. The van der Waals surface area contributed by atoms with Gasteiger partial charge in [-0.3, -0.25) is 9.59 Å². The SMILES string of the molecule is Cc1csc(-c2c(NC(=O)C3CCCCC3C(=O)O)sc3c2CCCC3)n1. The Morgan fingerprint density at radius 2 is 1.89 bits per heavy atom. The van der Waals surface area contributed by atoms with Crippen molar-refractivity contribution < 1.29 is 14.7 Å². The number of carbonyl (C=O) groups excluding carboxylic acids is 1. The van der Waals surface area contributed by atoms with Crippen molar-refractivity contribution in [2.45, 2.75) is 58.3 Å². The molecule has 0 bridgehead atoms. The predicted molar refractivity (Wildman–Crippen MR) is 109 cm³/mol. The molecule has 0 aliphatic heterocycles. The maximum absolute atomic E-state index is 13.0. The van der Waals surface area contributed by atoms with E-state index in [0.29, 0.717) is 12.8 Å². The molecular formula is C20H24N2O3S2. The summed E-state index contributed by atoms with van der Waals surface area (Å²) in [6.45, 7) is 1.98. The molecule has 5 nitrogen and oxygen atoms in total. The molecule has 0 radical (unpaired) electrons. The second-order valence-electron chi connectivity index (χ2n) is 7.53. The summed E-state index contributed by atoms with van der Waals surface area (Å²) in [6, 6.07) is 0. The minimum atomic E-state index is -0.851. The van der Waals surface area contributed by atoms with Crippen molar-refractivity contribution in [3.63, 3.8) is 0 Å². The normalized spacial score (nSPS) is 22.3. The number of carbonyl (C=O) groups is 2. The number of carboxylic acids is 1. The van der Waals surface area contributed by atoms with Gasteiger partial charge in [0.1, 0.15) is 10.0 Å². The topological polar surface area (TPSA) is 79.3 Å². The van der Waals surface area contributed by atoms with Crippen molar-refractivity contribution in [2.24, 2.45) is 11.8 Å². The van der Waals surface area contributed by atoms with Gasteiger partial charge in [-0.15, -0.1) is 22.7 Å². The molecule has 1 fully saturated rings. The summed E-state index contributed by atoms with van der Waals surface area (Å²) >= 11 is 3.27. The maximum Gasteiger partial charge on any atom is 0.307 e. The van der Waals surface area contributed by atoms with Crippen molar-refractivity contribution in [3.05, 3.63) is 21.5 Å². The van der Waals surface area contributed by atoms with E-state index in [9.17, 15) is 14.7 Å². The number of aromatic nitrogens is 1. The molecule has 0 saturated heterocycles. The molecule has 144 valence electrons. The fourth-order valence-corrected chi connectivity index (χ4v) is 6.53. The molecule has 0 spiro atoms. The van der Waals surface area contributed by atoms with Crippen LogP contribution >= 0.6 is 22.7 Å². The Hall–Kier alpha value is -1.73. The largest absolute Gasteiger partial charge is 0.481 e. The number of nitrogens with one attached hydrogen (secondary N) is 1. The zero-order valence-electron chi connectivity index (χ0n) is 15.4. The Kier molecular flexibility index (Phi) is 5.32. The molecule has 1 saturated carbocycles. The number of anilines is 1. The summed E-state index contributed by atoms with van der Waals surface area (Å²) < 4.78 is 0. The fourth-order valence-electron chi connectivity index (χ4n) is 4.29. The molecule has 2 aromatic rings. The minimum Gasteiger partial charge on any atom is -0.481 e. The van der Waals surface area contributed by atoms with Gasteiger partial charge in [-0.1, -0.05) is 12.8 Å². The zero-order chi connectivity index (χ0) is 19.0. The third-order valence-electron chi connectivity index (χ3n) is 5.66. The molecular weight excluding hydrogens is 380 g/mol. The second kappa shape index (κ2) is 7.72. The maximum atomic E-state index is 13.0. The van der Waals surface area contributed by atoms with Crippen LogP contribution < -0.4 is 5.32 Å². The van der Waals surface area contributed by atoms with Gasteiger partial charge < -0.3 is 10.4 Å². The quantitative estimate of drug-likeness (QED) is 0.760. The van der Waals surface area contributed by atoms with Crippen LogP contribution in [0.1, 0.15) is 54.7 Å². The van der Waals surface area contributed by atoms with Crippen molar-refractivity contribution in [3.8, 4) is 10.6 Å². The van der Waals surface area contributed by atoms with Gasteiger partial charge in [-0.2, -0.15) is 0 Å². The van der Waals surface area contributed by atoms with E-state index in [-0.39, 0.29) is 5.91 Å². The number of aryl methyl sites for hydroxylation is 2. The van der Waals surface area contributed by atoms with Gasteiger partial charge in [0, 0.05) is 21.5 Å². The summed E-state index contributed by atoms with van der Waals surface area (Å²) in [5.41, 5.74) is 3.39. The summed E-state index contributed by atoms with van der Waals surface area (Å²) in [5, 5.41) is 16.5. The first-order valence-electron chi connectivity index (χ1n) is 9.65. The molecule has 2 aliphatic carbocycles. The summed E-state index contributed by atoms with van der Waals surface area (Å²) in [5.74, 6) is -2.01. The van der Waals surface area contributed by atoms with Crippen LogP contribution in [0.2, 0.25) is 0 Å². The Morgan fingerprint density at radius 3 is 2.59 bits per heavy atom. The van der Waals surface area contributed by atoms with E-state index in [2.05, 4.69) is 10.3 Å². The molecule has 2 atom stereocenters. The Bertz CT molecular complexity index is 871. The van der Waals surface area contributed by atoms with E-state index < -0.39 is 17.8 Å². The number of hydrogen-bond donors (Lipinski definition) is 2. The van der Waals surface area contributed by atoms with Crippen LogP contribution in [0.15, 0.2) is 5.38 Å². The first-order chi connectivity index (χ1) is 13.0. The fraction of sp³-hybridized carbons (Fsp3) is 0.550. The van der Waals surface area contributed by atoms with E-state index in [0.717, 1.165) is 53.4 Å². The summed E-state index contributed by atoms with van der Waals surface area (Å²) in [7, 11) is 0. The van der Waals surface area contributed by atoms with Crippen LogP contribution in [0.4, 0.5) is 5.00 Å². The van der Waals surface area contributed by atoms with Gasteiger partial charge in [0.05, 0.1) is 11.8 Å². The lowest BCUT2D eigenvalue weighted by atomic mass is 9.78. The van der Waals surface area contributed by atoms with Crippen LogP contribution in [-0.4, -0.2) is 22.0 Å². The molecule has 2 aliphatic rings. The number of rotatable bonds is 4. The van der Waals surface area contributed by atoms with E-state index in [1.54, 1.807) is 22.7 Å². The molecule has 0 aromatic carbocycles. The van der Waals surface area contributed by atoms with Crippen molar-refractivity contribution in [2.75, 3.05) is 5.32 Å². The van der Waals surface area contributed by atoms with Gasteiger partial charge in [-0.25, -0.2) is 4.98 Å². The van der Waals surface area contributed by atoms with E-state index >= 15 is 0 Å². The molecule has 2 N–H and O–H groups in total. The monoisotopic (exact) mass is 404 g/mol. The number of thiazole rings is 1. The van der Waals surface area contributed by atoms with Crippen molar-refractivity contribution >= 4 is 39.6 Å². The van der Waals surface area contributed by atoms with E-state index in [1.165, 1.54) is 16.9 Å². The van der Waals surface area contributed by atoms with Gasteiger partial charge >= 0.3 is 5.97 Å². The molecule has 4 rings (SSSR count). The second-order valence-corrected chi connectivity index (χ2v) is 9.50. The zero-order valence-corrected chi connectivity index (χ0v) is 17.0. The number of carboxylic acid groups (broad SMARTS) is 1. The first-order valence-corrected chi connectivity index (χ1v) is 11.3. The lowest BCUT2D eigenvalue weighted by molar-refractivity contribution is -0.147. The molecule has 2 heterocycles. The predicted octanol–water partition coefficient (Wildman–Crippen LogP) is 4.89. The molecule has 7 heteroatoms. The molecule has 2 aromatic heterocycles. The summed E-state index contributed by atoms with van der Waals surface area (Å²) in [6.07, 6.45) is 7.47. The summed E-state index contributed by atoms with van der Waals surface area (Å²) in [4.78, 5) is 30.6. The van der Waals surface area contributed by atoms with E-state index in [1.807, 2.05) is 12.3 Å². The first kappa shape index (κ1) is 18.6. The Morgan fingerprint density at radius 1 is 1.15 bits per heavy atom. The number of aliphatic carboxylic acids is 1. The van der Waals surface area contributed by atoms with Gasteiger partial charge in [-0.05, 0) is 51.0 Å². The average Bonchev–Trinajstić information content (AvgIpc) is 3.24. The number of thiophene rings is 1. The van der Waals surface area contributed by atoms with Gasteiger partial charge in [0.25, 0.3) is 0 Å².